The minimum absolute atomic E-state index is 0.0533. The van der Waals surface area contributed by atoms with Crippen molar-refractivity contribution < 1.29 is 34.5 Å². The molecule has 21 heavy (non-hydrogen) atoms. The van der Waals surface area contributed by atoms with Crippen LogP contribution in [0.15, 0.2) is 30.0 Å². The summed E-state index contributed by atoms with van der Waals surface area (Å²) in [5, 5.41) is 27.5. The van der Waals surface area contributed by atoms with Gasteiger partial charge in [-0.3, -0.25) is 0 Å². The zero-order valence-electron chi connectivity index (χ0n) is 11.2. The highest BCUT2D eigenvalue weighted by molar-refractivity contribution is 6.02. The highest BCUT2D eigenvalue weighted by atomic mass is 16.7. The van der Waals surface area contributed by atoms with Crippen molar-refractivity contribution in [2.24, 2.45) is 0 Å². The maximum Gasteiger partial charge on any atom is 0.361 e. The van der Waals surface area contributed by atoms with Gasteiger partial charge in [-0.1, -0.05) is 0 Å². The van der Waals surface area contributed by atoms with Gasteiger partial charge in [0.1, 0.15) is 0 Å². The summed E-state index contributed by atoms with van der Waals surface area (Å²) >= 11 is 0. The first-order valence-electron chi connectivity index (χ1n) is 5.65. The third kappa shape index (κ3) is 3.72. The van der Waals surface area contributed by atoms with E-state index >= 15 is 0 Å². The number of aromatic carboxylic acids is 2. The molecule has 0 spiro atoms. The van der Waals surface area contributed by atoms with Gasteiger partial charge < -0.3 is 20.2 Å². The number of aliphatic hydroxyl groups excluding tert-OH is 1. The third-order valence-electron chi connectivity index (χ3n) is 2.56. The number of hydrogen-bond acceptors (Lipinski definition) is 6. The number of hydroxylamine groups is 1. The van der Waals surface area contributed by atoms with Crippen LogP contribution in [-0.2, 0) is 9.63 Å². The molecule has 8 nitrogen and oxygen atoms in total. The van der Waals surface area contributed by atoms with Crippen LogP contribution in [0.25, 0.3) is 0 Å². The Kier molecular flexibility index (Phi) is 4.90. The number of rotatable bonds is 5. The van der Waals surface area contributed by atoms with E-state index in [1.165, 1.54) is 20.0 Å². The SMILES string of the molecule is C/C(=C\O)C(=O)ON(C)c1ccc(C(=O)O)c(C(=O)O)c1. The Balaban J connectivity index is 3.09. The summed E-state index contributed by atoms with van der Waals surface area (Å²) in [6.45, 7) is 1.33. The van der Waals surface area contributed by atoms with Gasteiger partial charge in [0.2, 0.25) is 0 Å². The van der Waals surface area contributed by atoms with Crippen molar-refractivity contribution >= 4 is 23.6 Å². The number of carboxylic acid groups (broad SMARTS) is 2. The summed E-state index contributed by atoms with van der Waals surface area (Å²) in [7, 11) is 1.34. The van der Waals surface area contributed by atoms with Crippen LogP contribution in [0.4, 0.5) is 5.69 Å². The van der Waals surface area contributed by atoms with E-state index in [0.717, 1.165) is 17.2 Å². The minimum atomic E-state index is -1.42. The number of nitrogens with zero attached hydrogens (tertiary/aromatic N) is 1. The molecule has 1 rings (SSSR count). The molecule has 0 saturated carbocycles. The van der Waals surface area contributed by atoms with Crippen LogP contribution in [0.1, 0.15) is 27.6 Å². The number of carbonyl (C=O) groups is 3. The fraction of sp³-hybridized carbons (Fsp3) is 0.154. The van der Waals surface area contributed by atoms with E-state index in [0.29, 0.717) is 6.26 Å². The highest BCUT2D eigenvalue weighted by Gasteiger charge is 2.19. The van der Waals surface area contributed by atoms with E-state index in [9.17, 15) is 14.4 Å². The lowest BCUT2D eigenvalue weighted by Crippen LogP contribution is -2.23. The number of hydrogen-bond donors (Lipinski definition) is 3. The van der Waals surface area contributed by atoms with E-state index in [-0.39, 0.29) is 16.8 Å². The van der Waals surface area contributed by atoms with Crippen LogP contribution >= 0.6 is 0 Å². The van der Waals surface area contributed by atoms with Crippen molar-refractivity contribution in [2.75, 3.05) is 12.1 Å². The zero-order chi connectivity index (χ0) is 16.2. The highest BCUT2D eigenvalue weighted by Crippen LogP contribution is 2.20. The number of carboxylic acids is 2. The molecule has 0 saturated heterocycles. The van der Waals surface area contributed by atoms with Crippen LogP contribution in [-0.4, -0.2) is 40.3 Å². The summed E-state index contributed by atoms with van der Waals surface area (Å²) in [5.74, 6) is -3.63. The second-order valence-corrected chi connectivity index (χ2v) is 4.03. The first-order chi connectivity index (χ1) is 9.77. The summed E-state index contributed by atoms with van der Waals surface area (Å²) < 4.78 is 0. The van der Waals surface area contributed by atoms with E-state index in [1.807, 2.05) is 0 Å². The van der Waals surface area contributed by atoms with Crippen molar-refractivity contribution in [1.29, 1.82) is 0 Å². The first-order valence-corrected chi connectivity index (χ1v) is 5.65. The number of aliphatic hydroxyl groups is 1. The lowest BCUT2D eigenvalue weighted by Gasteiger charge is -2.18. The van der Waals surface area contributed by atoms with E-state index in [4.69, 9.17) is 20.2 Å². The van der Waals surface area contributed by atoms with E-state index in [2.05, 4.69) is 0 Å². The molecule has 0 heterocycles. The van der Waals surface area contributed by atoms with Gasteiger partial charge in [0.15, 0.2) is 0 Å². The molecule has 1 aromatic rings. The molecular weight excluding hydrogens is 282 g/mol. The molecule has 0 aliphatic carbocycles. The maximum atomic E-state index is 11.4. The normalized spacial score (nSPS) is 10.9. The standard InChI is InChI=1S/C13H13NO7/c1-7(6-15)13(20)21-14(2)8-3-4-9(11(16)17)10(5-8)12(18)19/h3-6,15H,1-2H3,(H,16,17)(H,18,19)/b7-6+. The molecule has 3 N–H and O–H groups in total. The first kappa shape index (κ1) is 16.0. The fourth-order valence-electron chi connectivity index (χ4n) is 1.39. The Hall–Kier alpha value is -3.03. The largest absolute Gasteiger partial charge is 0.515 e. The van der Waals surface area contributed by atoms with Crippen LogP contribution in [0.3, 0.4) is 0 Å². The molecular formula is C13H13NO7. The summed E-state index contributed by atoms with van der Waals surface area (Å²) in [4.78, 5) is 38.3. The second kappa shape index (κ2) is 6.42. The molecule has 0 aliphatic heterocycles. The predicted molar refractivity (Wildman–Crippen MR) is 71.2 cm³/mol. The lowest BCUT2D eigenvalue weighted by molar-refractivity contribution is -0.140. The van der Waals surface area contributed by atoms with E-state index < -0.39 is 23.5 Å². The van der Waals surface area contributed by atoms with Gasteiger partial charge in [-0.25, -0.2) is 19.4 Å². The zero-order valence-corrected chi connectivity index (χ0v) is 11.2. The fourth-order valence-corrected chi connectivity index (χ4v) is 1.39. The Bertz CT molecular complexity index is 621. The Morgan fingerprint density at radius 2 is 1.71 bits per heavy atom. The smallest absolute Gasteiger partial charge is 0.361 e. The average Bonchev–Trinajstić information content (AvgIpc) is 2.45. The molecule has 0 aliphatic rings. The van der Waals surface area contributed by atoms with Crippen LogP contribution in [0.2, 0.25) is 0 Å². The number of anilines is 1. The quantitative estimate of drug-likeness (QED) is 0.423. The Labute approximate surface area is 119 Å². The van der Waals surface area contributed by atoms with Gasteiger partial charge in [0.25, 0.3) is 0 Å². The number of carbonyl (C=O) groups excluding carboxylic acids is 1. The predicted octanol–water partition coefficient (Wildman–Crippen LogP) is 1.44. The van der Waals surface area contributed by atoms with Gasteiger partial charge in [-0.05, 0) is 25.1 Å². The van der Waals surface area contributed by atoms with Crippen molar-refractivity contribution in [3.63, 3.8) is 0 Å². The molecule has 8 heteroatoms. The van der Waals surface area contributed by atoms with Crippen LogP contribution in [0, 0.1) is 0 Å². The van der Waals surface area contributed by atoms with Gasteiger partial charge >= 0.3 is 17.9 Å². The van der Waals surface area contributed by atoms with Crippen molar-refractivity contribution in [3.05, 3.63) is 41.2 Å². The minimum Gasteiger partial charge on any atom is -0.515 e. The second-order valence-electron chi connectivity index (χ2n) is 4.03. The van der Waals surface area contributed by atoms with Gasteiger partial charge in [0.05, 0.1) is 28.6 Å². The summed E-state index contributed by atoms with van der Waals surface area (Å²) in [6, 6.07) is 3.46. The van der Waals surface area contributed by atoms with Crippen molar-refractivity contribution in [3.8, 4) is 0 Å². The molecule has 0 unspecified atom stereocenters. The van der Waals surface area contributed by atoms with Crippen molar-refractivity contribution in [1.82, 2.24) is 0 Å². The molecule has 0 atom stereocenters. The molecule has 112 valence electrons. The maximum absolute atomic E-state index is 11.4. The van der Waals surface area contributed by atoms with Crippen molar-refractivity contribution in [2.45, 2.75) is 6.92 Å². The van der Waals surface area contributed by atoms with Crippen LogP contribution < -0.4 is 5.06 Å². The third-order valence-corrected chi connectivity index (χ3v) is 2.56. The van der Waals surface area contributed by atoms with Gasteiger partial charge in [-0.2, -0.15) is 0 Å². The Morgan fingerprint density at radius 3 is 2.19 bits per heavy atom. The summed E-state index contributed by atoms with van der Waals surface area (Å²) in [5.41, 5.74) is -0.700. The summed E-state index contributed by atoms with van der Waals surface area (Å²) in [6.07, 6.45) is 0.576. The molecule has 0 bridgehead atoms. The number of benzene rings is 1. The lowest BCUT2D eigenvalue weighted by atomic mass is 10.1. The Morgan fingerprint density at radius 1 is 1.14 bits per heavy atom. The molecule has 1 aromatic carbocycles. The average molecular weight is 295 g/mol. The molecule has 0 radical (unpaired) electrons. The molecule has 0 amide bonds. The monoisotopic (exact) mass is 295 g/mol. The topological polar surface area (TPSA) is 124 Å². The van der Waals surface area contributed by atoms with Gasteiger partial charge in [0, 0.05) is 7.05 Å². The molecule has 0 fully saturated rings. The van der Waals surface area contributed by atoms with Crippen LogP contribution in [0.5, 0.6) is 0 Å². The van der Waals surface area contributed by atoms with E-state index in [1.54, 1.807) is 0 Å². The van der Waals surface area contributed by atoms with Gasteiger partial charge in [-0.15, -0.1) is 0 Å². The molecule has 0 aromatic heterocycles.